The van der Waals surface area contributed by atoms with Crippen LogP contribution in [0.5, 0.6) is 5.75 Å². The van der Waals surface area contributed by atoms with E-state index < -0.39 is 4.92 Å². The maximum atomic E-state index is 11.2. The Balaban J connectivity index is 2.39. The second kappa shape index (κ2) is 6.04. The summed E-state index contributed by atoms with van der Waals surface area (Å²) in [6.45, 7) is 0. The minimum absolute atomic E-state index is 0.107. The average molecular weight is 286 g/mol. The van der Waals surface area contributed by atoms with Gasteiger partial charge in [0.1, 0.15) is 5.75 Å². The van der Waals surface area contributed by atoms with E-state index >= 15 is 0 Å². The number of carbonyl (C=O) groups is 1. The molecule has 0 saturated carbocycles. The molecular formula is C15H14N2O4. The van der Waals surface area contributed by atoms with Gasteiger partial charge in [0.2, 0.25) is 0 Å². The number of ether oxygens (including phenoxy) is 1. The van der Waals surface area contributed by atoms with E-state index in [9.17, 15) is 14.9 Å². The molecule has 0 saturated heterocycles. The number of rotatable bonds is 5. The lowest BCUT2D eigenvalue weighted by Crippen LogP contribution is -2.11. The number of nitro groups is 1. The van der Waals surface area contributed by atoms with Gasteiger partial charge in [-0.1, -0.05) is 0 Å². The number of carbonyl (C=O) groups excluding carboxylic acids is 1. The van der Waals surface area contributed by atoms with Crippen molar-refractivity contribution in [1.29, 1.82) is 0 Å². The number of nitrogens with zero attached hydrogens (tertiary/aromatic N) is 2. The number of benzene rings is 2. The molecule has 0 N–H and O–H groups in total. The van der Waals surface area contributed by atoms with Gasteiger partial charge < -0.3 is 9.64 Å². The molecule has 0 aromatic heterocycles. The van der Waals surface area contributed by atoms with E-state index in [0.717, 1.165) is 11.4 Å². The van der Waals surface area contributed by atoms with Crippen LogP contribution in [0.3, 0.4) is 0 Å². The first-order chi connectivity index (χ1) is 10.1. The summed E-state index contributed by atoms with van der Waals surface area (Å²) in [7, 11) is 3.37. The standard InChI is InChI=1S/C15H14N2O4/c1-16(12-3-6-14(21-2)7-4-12)15-8-5-13(17(19)20)9-11(15)10-18/h3-10H,1-2H3. The van der Waals surface area contributed by atoms with Gasteiger partial charge in [-0.25, -0.2) is 0 Å². The van der Waals surface area contributed by atoms with Crippen LogP contribution in [0.1, 0.15) is 10.4 Å². The van der Waals surface area contributed by atoms with Crippen LogP contribution in [0.15, 0.2) is 42.5 Å². The number of methoxy groups -OCH3 is 1. The van der Waals surface area contributed by atoms with Crippen molar-refractivity contribution in [2.24, 2.45) is 0 Å². The van der Waals surface area contributed by atoms with E-state index in [2.05, 4.69) is 0 Å². The minimum atomic E-state index is -0.524. The molecule has 2 rings (SSSR count). The van der Waals surface area contributed by atoms with Gasteiger partial charge in [0, 0.05) is 30.4 Å². The van der Waals surface area contributed by atoms with Crippen LogP contribution >= 0.6 is 0 Å². The molecule has 21 heavy (non-hydrogen) atoms. The van der Waals surface area contributed by atoms with Crippen LogP contribution < -0.4 is 9.64 Å². The first kappa shape index (κ1) is 14.5. The topological polar surface area (TPSA) is 72.7 Å². The predicted octanol–water partition coefficient (Wildman–Crippen LogP) is 3.18. The van der Waals surface area contributed by atoms with Crippen molar-refractivity contribution in [1.82, 2.24) is 0 Å². The molecule has 0 fully saturated rings. The largest absolute Gasteiger partial charge is 0.497 e. The third-order valence-corrected chi connectivity index (χ3v) is 3.17. The van der Waals surface area contributed by atoms with Crippen molar-refractivity contribution in [3.63, 3.8) is 0 Å². The zero-order chi connectivity index (χ0) is 15.4. The highest BCUT2D eigenvalue weighted by Gasteiger charge is 2.14. The highest BCUT2D eigenvalue weighted by molar-refractivity contribution is 5.87. The first-order valence-electron chi connectivity index (χ1n) is 6.18. The summed E-state index contributed by atoms with van der Waals surface area (Å²) in [6, 6.07) is 11.5. The van der Waals surface area contributed by atoms with Crippen LogP contribution in [0.25, 0.3) is 0 Å². The van der Waals surface area contributed by atoms with Crippen LogP contribution in [0.4, 0.5) is 17.1 Å². The van der Waals surface area contributed by atoms with E-state index in [4.69, 9.17) is 4.74 Å². The zero-order valence-corrected chi connectivity index (χ0v) is 11.6. The lowest BCUT2D eigenvalue weighted by molar-refractivity contribution is -0.384. The molecule has 0 spiro atoms. The molecule has 0 aliphatic rings. The highest BCUT2D eigenvalue weighted by Crippen LogP contribution is 2.30. The van der Waals surface area contributed by atoms with Crippen molar-refractivity contribution < 1.29 is 14.5 Å². The maximum absolute atomic E-state index is 11.2. The SMILES string of the molecule is COc1ccc(N(C)c2ccc([N+](=O)[O-])cc2C=O)cc1. The van der Waals surface area contributed by atoms with Crippen LogP contribution in [-0.4, -0.2) is 25.4 Å². The van der Waals surface area contributed by atoms with Gasteiger partial charge in [-0.3, -0.25) is 14.9 Å². The summed E-state index contributed by atoms with van der Waals surface area (Å²) < 4.78 is 5.09. The number of hydrogen-bond donors (Lipinski definition) is 0. The van der Waals surface area contributed by atoms with Gasteiger partial charge in [-0.2, -0.15) is 0 Å². The Morgan fingerprint density at radius 1 is 1.19 bits per heavy atom. The van der Waals surface area contributed by atoms with Gasteiger partial charge in [0.25, 0.3) is 5.69 Å². The Hall–Kier alpha value is -2.89. The molecule has 0 aliphatic heterocycles. The van der Waals surface area contributed by atoms with Crippen LogP contribution in [0, 0.1) is 10.1 Å². The number of hydrogen-bond acceptors (Lipinski definition) is 5. The van der Waals surface area contributed by atoms with Crippen LogP contribution in [-0.2, 0) is 0 Å². The predicted molar refractivity (Wildman–Crippen MR) is 79.5 cm³/mol. The lowest BCUT2D eigenvalue weighted by atomic mass is 10.1. The van der Waals surface area contributed by atoms with E-state index in [1.807, 2.05) is 12.1 Å². The number of non-ortho nitro benzene ring substituents is 1. The molecule has 6 nitrogen and oxygen atoms in total. The third-order valence-electron chi connectivity index (χ3n) is 3.17. The lowest BCUT2D eigenvalue weighted by Gasteiger charge is -2.21. The summed E-state index contributed by atoms with van der Waals surface area (Å²) in [4.78, 5) is 23.2. The Kier molecular flexibility index (Phi) is 4.18. The maximum Gasteiger partial charge on any atom is 0.270 e. The fourth-order valence-electron chi connectivity index (χ4n) is 2.00. The Bertz CT molecular complexity index is 668. The molecule has 0 heterocycles. The number of anilines is 2. The smallest absolute Gasteiger partial charge is 0.270 e. The average Bonchev–Trinajstić information content (AvgIpc) is 2.53. The molecule has 108 valence electrons. The van der Waals surface area contributed by atoms with E-state index in [1.54, 1.807) is 37.3 Å². The van der Waals surface area contributed by atoms with E-state index in [-0.39, 0.29) is 11.3 Å². The number of aldehydes is 1. The summed E-state index contributed by atoms with van der Waals surface area (Å²) in [5.41, 5.74) is 1.60. The molecule has 0 bridgehead atoms. The van der Waals surface area contributed by atoms with Crippen molar-refractivity contribution >= 4 is 23.3 Å². The fourth-order valence-corrected chi connectivity index (χ4v) is 2.00. The zero-order valence-electron chi connectivity index (χ0n) is 11.6. The highest BCUT2D eigenvalue weighted by atomic mass is 16.6. The van der Waals surface area contributed by atoms with Crippen molar-refractivity contribution in [3.8, 4) is 5.75 Å². The van der Waals surface area contributed by atoms with Crippen molar-refractivity contribution in [2.45, 2.75) is 0 Å². The Morgan fingerprint density at radius 3 is 2.38 bits per heavy atom. The van der Waals surface area contributed by atoms with Gasteiger partial charge in [0.05, 0.1) is 17.7 Å². The van der Waals surface area contributed by atoms with E-state index in [0.29, 0.717) is 12.0 Å². The normalized spacial score (nSPS) is 10.0. The first-order valence-corrected chi connectivity index (χ1v) is 6.18. The summed E-state index contributed by atoms with van der Waals surface area (Å²) in [6.07, 6.45) is 0.613. The van der Waals surface area contributed by atoms with Crippen molar-refractivity contribution in [3.05, 3.63) is 58.1 Å². The van der Waals surface area contributed by atoms with E-state index in [1.165, 1.54) is 12.1 Å². The molecule has 0 aliphatic carbocycles. The van der Waals surface area contributed by atoms with Gasteiger partial charge in [0.15, 0.2) is 6.29 Å². The van der Waals surface area contributed by atoms with Crippen molar-refractivity contribution in [2.75, 3.05) is 19.1 Å². The summed E-state index contributed by atoms with van der Waals surface area (Å²) in [5.74, 6) is 0.728. The molecule has 2 aromatic rings. The third kappa shape index (κ3) is 3.00. The monoisotopic (exact) mass is 286 g/mol. The Labute approximate surface area is 121 Å². The minimum Gasteiger partial charge on any atom is -0.497 e. The molecule has 6 heteroatoms. The molecule has 0 unspecified atom stereocenters. The summed E-state index contributed by atoms with van der Waals surface area (Å²) >= 11 is 0. The van der Waals surface area contributed by atoms with Crippen LogP contribution in [0.2, 0.25) is 0 Å². The second-order valence-corrected chi connectivity index (χ2v) is 4.38. The molecule has 0 radical (unpaired) electrons. The Morgan fingerprint density at radius 2 is 1.86 bits per heavy atom. The summed E-state index contributed by atoms with van der Waals surface area (Å²) in [5, 5.41) is 10.8. The molecule has 0 atom stereocenters. The molecule has 2 aromatic carbocycles. The second-order valence-electron chi connectivity index (χ2n) is 4.38. The molecular weight excluding hydrogens is 272 g/mol. The van der Waals surface area contributed by atoms with Gasteiger partial charge in [-0.05, 0) is 30.3 Å². The van der Waals surface area contributed by atoms with Gasteiger partial charge >= 0.3 is 0 Å². The molecule has 0 amide bonds. The number of nitro benzene ring substituents is 1. The fraction of sp³-hybridized carbons (Fsp3) is 0.133. The quantitative estimate of drug-likeness (QED) is 0.479. The van der Waals surface area contributed by atoms with Gasteiger partial charge in [-0.15, -0.1) is 0 Å².